The van der Waals surface area contributed by atoms with E-state index in [0.29, 0.717) is 6.54 Å². The van der Waals surface area contributed by atoms with Gasteiger partial charge in [0.1, 0.15) is 0 Å². The van der Waals surface area contributed by atoms with E-state index < -0.39 is 0 Å². The maximum atomic E-state index is 14.5. The molecule has 1 aliphatic rings. The molecule has 0 aromatic heterocycles. The highest BCUT2D eigenvalue weighted by atomic mass is 16.2. The first-order valence-corrected chi connectivity index (χ1v) is 36.7. The third kappa shape index (κ3) is 51.0. The summed E-state index contributed by atoms with van der Waals surface area (Å²) in [5, 5.41) is 0. The van der Waals surface area contributed by atoms with Gasteiger partial charge in [0.15, 0.2) is 0 Å². The second-order valence-electron chi connectivity index (χ2n) is 25.8. The van der Waals surface area contributed by atoms with Crippen molar-refractivity contribution in [3.63, 3.8) is 0 Å². The maximum absolute atomic E-state index is 14.5. The molecule has 1 aliphatic heterocycles. The number of hydrogen-bond donors (Lipinski definition) is 0. The minimum atomic E-state index is 0.172. The standard InChI is InChI=1S/C72H145N5O2/c1-6-11-16-21-26-31-36-37-41-44-49-54-59-73(58-53-48-43-38-32-27-22-17-12-7-2)63-64-74-65-67-76(68-66-74)72(79)70-77(62-57-52-47-42-35-30-25-20-15-10-5)71(78)69-75(60-55-50-45-39-33-28-23-18-13-8-3)61-56-51-46-40-34-29-24-19-14-9-4/h6-70H2,1-5H3. The molecule has 0 bridgehead atoms. The van der Waals surface area contributed by atoms with E-state index >= 15 is 0 Å². The number of hydrogen-bond acceptors (Lipinski definition) is 5. The minimum absolute atomic E-state index is 0.172. The van der Waals surface area contributed by atoms with Crippen LogP contribution in [0.2, 0.25) is 0 Å². The molecule has 0 atom stereocenters. The molecule has 0 saturated carbocycles. The molecule has 0 N–H and O–H groups in total. The van der Waals surface area contributed by atoms with Crippen LogP contribution in [0, 0.1) is 0 Å². The Morgan fingerprint density at radius 3 is 0.785 bits per heavy atom. The van der Waals surface area contributed by atoms with Gasteiger partial charge in [0.25, 0.3) is 0 Å². The molecule has 0 radical (unpaired) electrons. The molecule has 1 heterocycles. The van der Waals surface area contributed by atoms with Crippen molar-refractivity contribution < 1.29 is 9.59 Å². The molecule has 0 spiro atoms. The van der Waals surface area contributed by atoms with Gasteiger partial charge in [-0.25, -0.2) is 0 Å². The Morgan fingerprint density at radius 1 is 0.266 bits per heavy atom. The van der Waals surface area contributed by atoms with Crippen molar-refractivity contribution in [3.05, 3.63) is 0 Å². The van der Waals surface area contributed by atoms with Crippen molar-refractivity contribution in [3.8, 4) is 0 Å². The maximum Gasteiger partial charge on any atom is 0.242 e. The van der Waals surface area contributed by atoms with Crippen LogP contribution in [0.15, 0.2) is 0 Å². The van der Waals surface area contributed by atoms with E-state index in [4.69, 9.17) is 0 Å². The fourth-order valence-electron chi connectivity index (χ4n) is 12.4. The summed E-state index contributed by atoms with van der Waals surface area (Å²) in [6.07, 6.45) is 70.4. The molecule has 0 unspecified atom stereocenters. The van der Waals surface area contributed by atoms with Gasteiger partial charge in [0.2, 0.25) is 11.8 Å². The van der Waals surface area contributed by atoms with E-state index in [2.05, 4.69) is 54.2 Å². The van der Waals surface area contributed by atoms with Gasteiger partial charge in [-0.15, -0.1) is 0 Å². The molecule has 1 fully saturated rings. The van der Waals surface area contributed by atoms with Crippen LogP contribution in [-0.2, 0) is 9.59 Å². The van der Waals surface area contributed by atoms with Crippen LogP contribution in [-0.4, -0.2) is 121 Å². The highest BCUT2D eigenvalue weighted by Gasteiger charge is 2.26. The highest BCUT2D eigenvalue weighted by Crippen LogP contribution is 2.18. The van der Waals surface area contributed by atoms with Crippen LogP contribution in [0.25, 0.3) is 0 Å². The molecular weight excluding hydrogens is 967 g/mol. The second kappa shape index (κ2) is 61.4. The lowest BCUT2D eigenvalue weighted by Crippen LogP contribution is -2.53. The third-order valence-corrected chi connectivity index (χ3v) is 18.1. The van der Waals surface area contributed by atoms with Gasteiger partial charge in [-0.3, -0.25) is 19.4 Å². The van der Waals surface area contributed by atoms with Gasteiger partial charge in [0, 0.05) is 45.8 Å². The molecule has 2 amide bonds. The van der Waals surface area contributed by atoms with Gasteiger partial charge >= 0.3 is 0 Å². The lowest BCUT2D eigenvalue weighted by atomic mass is 10.1. The second-order valence-corrected chi connectivity index (χ2v) is 25.8. The van der Waals surface area contributed by atoms with E-state index in [-0.39, 0.29) is 18.4 Å². The lowest BCUT2D eigenvalue weighted by molar-refractivity contribution is -0.142. The number of amides is 2. The van der Waals surface area contributed by atoms with Gasteiger partial charge in [-0.2, -0.15) is 0 Å². The zero-order valence-corrected chi connectivity index (χ0v) is 55.0. The summed E-state index contributed by atoms with van der Waals surface area (Å²) in [6, 6.07) is 0. The molecule has 7 nitrogen and oxygen atoms in total. The van der Waals surface area contributed by atoms with Crippen molar-refractivity contribution >= 4 is 11.8 Å². The third-order valence-electron chi connectivity index (χ3n) is 18.1. The van der Waals surface area contributed by atoms with Gasteiger partial charge in [-0.1, -0.05) is 336 Å². The quantitative estimate of drug-likeness (QED) is 0.0568. The first kappa shape index (κ1) is 75.8. The van der Waals surface area contributed by atoms with Crippen LogP contribution in [0.5, 0.6) is 0 Å². The Balaban J connectivity index is 2.84. The number of carbonyl (C=O) groups excluding carboxylic acids is 2. The summed E-state index contributed by atoms with van der Waals surface area (Å²) in [7, 11) is 0. The SMILES string of the molecule is CCCCCCCCCCCCCCN(CCCCCCCCCCCC)CCN1CCN(C(=O)CN(CCCCCCCCCCCC)C(=O)CN(CCCCCCCCCCCC)CCCCCCCCCCCC)CC1. The molecule has 1 saturated heterocycles. The zero-order chi connectivity index (χ0) is 57.0. The molecule has 79 heavy (non-hydrogen) atoms. The summed E-state index contributed by atoms with van der Waals surface area (Å²) >= 11 is 0. The van der Waals surface area contributed by atoms with E-state index in [0.717, 1.165) is 71.7 Å². The smallest absolute Gasteiger partial charge is 0.242 e. The number of carbonyl (C=O) groups is 2. The Labute approximate surface area is 497 Å². The predicted octanol–water partition coefficient (Wildman–Crippen LogP) is 20.9. The first-order valence-electron chi connectivity index (χ1n) is 36.7. The molecule has 7 heteroatoms. The molecule has 0 aromatic carbocycles. The van der Waals surface area contributed by atoms with E-state index in [1.165, 1.54) is 334 Å². The zero-order valence-electron chi connectivity index (χ0n) is 55.0. The van der Waals surface area contributed by atoms with Crippen LogP contribution in [0.3, 0.4) is 0 Å². The largest absolute Gasteiger partial charge is 0.339 e. The fourth-order valence-corrected chi connectivity index (χ4v) is 12.4. The van der Waals surface area contributed by atoms with E-state index in [1.807, 2.05) is 4.90 Å². The number of rotatable bonds is 64. The summed E-state index contributed by atoms with van der Waals surface area (Å²) in [5.74, 6) is 0.364. The summed E-state index contributed by atoms with van der Waals surface area (Å²) in [6.45, 7) is 23.2. The van der Waals surface area contributed by atoms with Crippen molar-refractivity contribution in [2.45, 2.75) is 369 Å². The molecule has 1 rings (SSSR count). The monoisotopic (exact) mass is 1110 g/mol. The molecule has 470 valence electrons. The van der Waals surface area contributed by atoms with Crippen LogP contribution < -0.4 is 0 Å². The Kier molecular flexibility index (Phi) is 58.9. The van der Waals surface area contributed by atoms with Gasteiger partial charge in [-0.05, 0) is 58.3 Å². The summed E-state index contributed by atoms with van der Waals surface area (Å²) in [4.78, 5) is 40.8. The number of nitrogens with zero attached hydrogens (tertiary/aromatic N) is 5. The average Bonchev–Trinajstić information content (AvgIpc) is 3.46. The Bertz CT molecular complexity index is 1200. The van der Waals surface area contributed by atoms with Crippen molar-refractivity contribution in [2.75, 3.05) is 85.1 Å². The minimum Gasteiger partial charge on any atom is -0.339 e. The lowest BCUT2D eigenvalue weighted by Gasteiger charge is -2.37. The van der Waals surface area contributed by atoms with Crippen molar-refractivity contribution in [1.29, 1.82) is 0 Å². The first-order chi connectivity index (χ1) is 39.0. The van der Waals surface area contributed by atoms with Crippen LogP contribution >= 0.6 is 0 Å². The Hall–Kier alpha value is -1.18. The predicted molar refractivity (Wildman–Crippen MR) is 351 cm³/mol. The van der Waals surface area contributed by atoms with E-state index in [1.54, 1.807) is 0 Å². The van der Waals surface area contributed by atoms with Crippen molar-refractivity contribution in [1.82, 2.24) is 24.5 Å². The average molecular weight is 1110 g/mol. The van der Waals surface area contributed by atoms with Gasteiger partial charge < -0.3 is 14.7 Å². The summed E-state index contributed by atoms with van der Waals surface area (Å²) < 4.78 is 0. The highest BCUT2D eigenvalue weighted by molar-refractivity contribution is 5.85. The molecular formula is C72H145N5O2. The van der Waals surface area contributed by atoms with E-state index in [9.17, 15) is 9.59 Å². The summed E-state index contributed by atoms with van der Waals surface area (Å²) in [5.41, 5.74) is 0. The molecule has 0 aliphatic carbocycles. The molecule has 0 aromatic rings. The van der Waals surface area contributed by atoms with Crippen LogP contribution in [0.1, 0.15) is 369 Å². The fraction of sp³-hybridized carbons (Fsp3) is 0.972. The topological polar surface area (TPSA) is 50.3 Å². The number of unbranched alkanes of at least 4 members (excludes halogenated alkanes) is 47. The van der Waals surface area contributed by atoms with Crippen molar-refractivity contribution in [2.24, 2.45) is 0 Å². The Morgan fingerprint density at radius 2 is 0.506 bits per heavy atom. The van der Waals surface area contributed by atoms with Gasteiger partial charge in [0.05, 0.1) is 13.1 Å². The van der Waals surface area contributed by atoms with Crippen LogP contribution in [0.4, 0.5) is 0 Å². The number of piperazine rings is 1. The normalized spacial score (nSPS) is 13.2.